The molecule has 0 aromatic heterocycles. The highest BCUT2D eigenvalue weighted by Gasteiger charge is 2.14. The Morgan fingerprint density at radius 2 is 2.00 bits per heavy atom. The van der Waals surface area contributed by atoms with Crippen molar-refractivity contribution < 1.29 is 4.74 Å². The van der Waals surface area contributed by atoms with Gasteiger partial charge in [-0.3, -0.25) is 0 Å². The van der Waals surface area contributed by atoms with Gasteiger partial charge in [-0.15, -0.1) is 22.1 Å². The zero-order chi connectivity index (χ0) is 11.2. The minimum absolute atomic E-state index is 0. The number of nitrogens with zero attached hydrogens (tertiary/aromatic N) is 2. The summed E-state index contributed by atoms with van der Waals surface area (Å²) in [5, 5.41) is 8.51. The first-order valence-electron chi connectivity index (χ1n) is 5.98. The van der Waals surface area contributed by atoms with Gasteiger partial charge in [0.25, 0.3) is 0 Å². The predicted molar refractivity (Wildman–Crippen MR) is 79.3 cm³/mol. The topological polar surface area (TPSA) is 60.0 Å². The fourth-order valence-electron chi connectivity index (χ4n) is 2.03. The second kappa shape index (κ2) is 8.11. The van der Waals surface area contributed by atoms with Gasteiger partial charge in [0.1, 0.15) is 0 Å². The minimum Gasteiger partial charge on any atom is -0.378 e. The Labute approximate surface area is 117 Å². The summed E-state index contributed by atoms with van der Waals surface area (Å²) in [5.41, 5.74) is 6.61. The molecule has 2 N–H and O–H groups in total. The lowest BCUT2D eigenvalue weighted by Gasteiger charge is -2.22. The zero-order valence-corrected chi connectivity index (χ0v) is 12.5. The number of nitrogens with two attached hydrogens (primary N) is 1. The van der Waals surface area contributed by atoms with Gasteiger partial charge >= 0.3 is 0 Å². The normalized spacial score (nSPS) is 21.4. The molecule has 17 heavy (non-hydrogen) atoms. The van der Waals surface area contributed by atoms with Crippen molar-refractivity contribution in [1.29, 1.82) is 0 Å². The highest BCUT2D eigenvalue weighted by Crippen LogP contribution is 2.20. The van der Waals surface area contributed by atoms with Crippen molar-refractivity contribution in [2.75, 3.05) is 12.4 Å². The number of ether oxygens (including phenoxy) is 1. The fourth-order valence-corrected chi connectivity index (χ4v) is 2.65. The van der Waals surface area contributed by atoms with Gasteiger partial charge in [-0.1, -0.05) is 31.0 Å². The van der Waals surface area contributed by atoms with Gasteiger partial charge in [0.2, 0.25) is 0 Å². The fraction of sp³-hybridized carbons (Fsp3) is 0.818. The van der Waals surface area contributed by atoms with E-state index in [1.54, 1.807) is 11.8 Å². The standard InChI is InChI=1S/C11H19N3OS.BrH/c12-11-14-13-9(8-16-11)6-7-15-10-4-2-1-3-5-10;/h10H,1-8H2,(H2,12,14);1H. The number of rotatable bonds is 4. The summed E-state index contributed by atoms with van der Waals surface area (Å²) < 4.78 is 5.84. The molecule has 1 aliphatic carbocycles. The molecule has 2 rings (SSSR count). The maximum absolute atomic E-state index is 5.84. The van der Waals surface area contributed by atoms with E-state index in [9.17, 15) is 0 Å². The van der Waals surface area contributed by atoms with Crippen LogP contribution in [-0.4, -0.2) is 29.3 Å². The second-order valence-corrected chi connectivity index (χ2v) is 5.27. The Balaban J connectivity index is 0.00000144. The van der Waals surface area contributed by atoms with E-state index in [0.29, 0.717) is 11.3 Å². The van der Waals surface area contributed by atoms with Gasteiger partial charge in [0, 0.05) is 12.2 Å². The van der Waals surface area contributed by atoms with E-state index >= 15 is 0 Å². The number of hydrogen-bond donors (Lipinski definition) is 1. The van der Waals surface area contributed by atoms with Crippen LogP contribution in [0.2, 0.25) is 0 Å². The van der Waals surface area contributed by atoms with E-state index in [1.807, 2.05) is 0 Å². The second-order valence-electron chi connectivity index (χ2n) is 4.27. The van der Waals surface area contributed by atoms with E-state index in [4.69, 9.17) is 10.5 Å². The van der Waals surface area contributed by atoms with Gasteiger partial charge in [-0.25, -0.2) is 0 Å². The highest BCUT2D eigenvalue weighted by atomic mass is 79.9. The molecule has 0 amide bonds. The third kappa shape index (κ3) is 5.40. The lowest BCUT2D eigenvalue weighted by Crippen LogP contribution is -2.20. The van der Waals surface area contributed by atoms with Crippen LogP contribution in [0.5, 0.6) is 0 Å². The van der Waals surface area contributed by atoms with E-state index in [2.05, 4.69) is 10.2 Å². The molecule has 1 fully saturated rings. The monoisotopic (exact) mass is 321 g/mol. The van der Waals surface area contributed by atoms with Crippen LogP contribution < -0.4 is 5.73 Å². The molecule has 4 nitrogen and oxygen atoms in total. The number of thioether (sulfide) groups is 1. The molecule has 6 heteroatoms. The van der Waals surface area contributed by atoms with Crippen LogP contribution >= 0.6 is 28.7 Å². The van der Waals surface area contributed by atoms with Crippen molar-refractivity contribution in [2.24, 2.45) is 15.9 Å². The SMILES string of the molecule is Br.NC1=NN=C(CCOC2CCCCC2)CS1. The molecule has 0 atom stereocenters. The van der Waals surface area contributed by atoms with Crippen LogP contribution in [0, 0.1) is 0 Å². The van der Waals surface area contributed by atoms with Crippen LogP contribution in [0.25, 0.3) is 0 Å². The van der Waals surface area contributed by atoms with E-state index in [0.717, 1.165) is 24.5 Å². The molecule has 0 unspecified atom stereocenters. The maximum Gasteiger partial charge on any atom is 0.180 e. The van der Waals surface area contributed by atoms with Crippen molar-refractivity contribution in [1.82, 2.24) is 0 Å². The Hall–Kier alpha value is -0.0700. The summed E-state index contributed by atoms with van der Waals surface area (Å²) in [4.78, 5) is 0. The molecule has 0 spiro atoms. The number of halogens is 1. The largest absolute Gasteiger partial charge is 0.378 e. The quantitative estimate of drug-likeness (QED) is 0.866. The van der Waals surface area contributed by atoms with Crippen molar-refractivity contribution >= 4 is 39.6 Å². The molecule has 1 saturated carbocycles. The molecule has 1 heterocycles. The Kier molecular flexibility index (Phi) is 7.15. The van der Waals surface area contributed by atoms with Crippen molar-refractivity contribution in [3.63, 3.8) is 0 Å². The van der Waals surface area contributed by atoms with Gasteiger partial charge < -0.3 is 10.5 Å². The van der Waals surface area contributed by atoms with Crippen LogP contribution in [0.1, 0.15) is 38.5 Å². The average Bonchev–Trinajstić information content (AvgIpc) is 2.33. The van der Waals surface area contributed by atoms with E-state index in [1.165, 1.54) is 32.1 Å². The summed E-state index contributed by atoms with van der Waals surface area (Å²) in [6.07, 6.45) is 7.85. The molecular formula is C11H20BrN3OS. The molecule has 0 aromatic carbocycles. The number of hydrogen-bond acceptors (Lipinski definition) is 5. The molecule has 0 bridgehead atoms. The highest BCUT2D eigenvalue weighted by molar-refractivity contribution is 8.93. The van der Waals surface area contributed by atoms with Gasteiger partial charge in [0.15, 0.2) is 5.17 Å². The molecule has 0 aromatic rings. The maximum atomic E-state index is 5.84. The van der Waals surface area contributed by atoms with E-state index < -0.39 is 0 Å². The predicted octanol–water partition coefficient (Wildman–Crippen LogP) is 2.72. The molecule has 1 aliphatic heterocycles. The lowest BCUT2D eigenvalue weighted by atomic mass is 9.98. The summed E-state index contributed by atoms with van der Waals surface area (Å²) in [5.74, 6) is 0.864. The summed E-state index contributed by atoms with van der Waals surface area (Å²) in [6.45, 7) is 0.777. The first-order valence-corrected chi connectivity index (χ1v) is 6.96. The summed E-state index contributed by atoms with van der Waals surface area (Å²) >= 11 is 1.55. The Morgan fingerprint density at radius 1 is 1.24 bits per heavy atom. The Morgan fingerprint density at radius 3 is 2.65 bits per heavy atom. The molecular weight excluding hydrogens is 302 g/mol. The Bertz CT molecular complexity index is 290. The first kappa shape index (κ1) is 15.0. The van der Waals surface area contributed by atoms with E-state index in [-0.39, 0.29) is 17.0 Å². The smallest absolute Gasteiger partial charge is 0.180 e. The van der Waals surface area contributed by atoms with Crippen LogP contribution in [-0.2, 0) is 4.74 Å². The third-order valence-electron chi connectivity index (χ3n) is 2.97. The van der Waals surface area contributed by atoms with Gasteiger partial charge in [0.05, 0.1) is 18.4 Å². The molecule has 0 saturated heterocycles. The van der Waals surface area contributed by atoms with Crippen LogP contribution in [0.4, 0.5) is 0 Å². The number of amidine groups is 1. The first-order chi connectivity index (χ1) is 7.84. The average molecular weight is 322 g/mol. The van der Waals surface area contributed by atoms with Crippen LogP contribution in [0.15, 0.2) is 10.2 Å². The van der Waals surface area contributed by atoms with Crippen molar-refractivity contribution in [3.05, 3.63) is 0 Å². The molecule has 2 aliphatic rings. The lowest BCUT2D eigenvalue weighted by molar-refractivity contribution is 0.0327. The summed E-state index contributed by atoms with van der Waals surface area (Å²) in [7, 11) is 0. The minimum atomic E-state index is 0. The van der Waals surface area contributed by atoms with Crippen molar-refractivity contribution in [2.45, 2.75) is 44.6 Å². The summed E-state index contributed by atoms with van der Waals surface area (Å²) in [6, 6.07) is 0. The zero-order valence-electron chi connectivity index (χ0n) is 9.93. The van der Waals surface area contributed by atoms with Crippen molar-refractivity contribution in [3.8, 4) is 0 Å². The molecule has 0 radical (unpaired) electrons. The van der Waals surface area contributed by atoms with Crippen LogP contribution in [0.3, 0.4) is 0 Å². The van der Waals surface area contributed by atoms with Gasteiger partial charge in [-0.2, -0.15) is 5.10 Å². The third-order valence-corrected chi connectivity index (χ3v) is 3.83. The van der Waals surface area contributed by atoms with Gasteiger partial charge in [-0.05, 0) is 12.8 Å². The molecule has 98 valence electrons.